The normalized spacial score (nSPS) is 10.8. The molecule has 0 heterocycles. The van der Waals surface area contributed by atoms with E-state index in [0.717, 1.165) is 22.4 Å². The van der Waals surface area contributed by atoms with Gasteiger partial charge in [0.15, 0.2) is 6.61 Å². The van der Waals surface area contributed by atoms with Crippen molar-refractivity contribution in [2.45, 2.75) is 20.8 Å². The summed E-state index contributed by atoms with van der Waals surface area (Å²) in [5, 5.41) is 4.55. The smallest absolute Gasteiger partial charge is 0.277 e. The summed E-state index contributed by atoms with van der Waals surface area (Å²) < 4.78 is 5.60. The van der Waals surface area contributed by atoms with Gasteiger partial charge in [0, 0.05) is 5.02 Å². The summed E-state index contributed by atoms with van der Waals surface area (Å²) in [7, 11) is 0. The molecule has 0 aromatic heterocycles. The van der Waals surface area contributed by atoms with Crippen molar-refractivity contribution in [1.82, 2.24) is 5.43 Å². The molecule has 0 aliphatic rings. The lowest BCUT2D eigenvalue weighted by molar-refractivity contribution is -0.123. The number of nitrogens with one attached hydrogen (secondary N) is 1. The molecule has 0 aliphatic carbocycles. The van der Waals surface area contributed by atoms with Crippen molar-refractivity contribution in [2.75, 3.05) is 6.61 Å². The van der Waals surface area contributed by atoms with E-state index in [1.165, 1.54) is 5.56 Å². The fourth-order valence-electron chi connectivity index (χ4n) is 2.29. The minimum atomic E-state index is -0.311. The van der Waals surface area contributed by atoms with E-state index < -0.39 is 0 Å². The second kappa shape index (κ2) is 7.79. The minimum Gasteiger partial charge on any atom is -0.483 e. The van der Waals surface area contributed by atoms with Crippen LogP contribution in [0.25, 0.3) is 0 Å². The van der Waals surface area contributed by atoms with Crippen molar-refractivity contribution in [2.24, 2.45) is 5.10 Å². The molecule has 1 amide bonds. The maximum Gasteiger partial charge on any atom is 0.277 e. The Kier molecular flexibility index (Phi) is 5.77. The van der Waals surface area contributed by atoms with Crippen LogP contribution in [0.1, 0.15) is 22.3 Å². The van der Waals surface area contributed by atoms with Crippen LogP contribution in [-0.2, 0) is 4.79 Å². The number of amides is 1. The molecule has 2 aromatic rings. The molecule has 0 saturated heterocycles. The van der Waals surface area contributed by atoms with Gasteiger partial charge in [-0.1, -0.05) is 41.4 Å². The number of hydrazone groups is 1. The number of benzene rings is 2. The molecule has 2 rings (SSSR count). The van der Waals surface area contributed by atoms with E-state index in [1.807, 2.05) is 45.0 Å². The van der Waals surface area contributed by atoms with Gasteiger partial charge < -0.3 is 4.74 Å². The van der Waals surface area contributed by atoms with Crippen LogP contribution < -0.4 is 10.2 Å². The van der Waals surface area contributed by atoms with Gasteiger partial charge in [0.05, 0.1) is 6.21 Å². The minimum absolute atomic E-state index is 0.0807. The molecule has 2 aromatic carbocycles. The summed E-state index contributed by atoms with van der Waals surface area (Å²) in [4.78, 5) is 11.8. The highest BCUT2D eigenvalue weighted by molar-refractivity contribution is 6.30. The monoisotopic (exact) mass is 330 g/mol. The highest BCUT2D eigenvalue weighted by atomic mass is 35.5. The van der Waals surface area contributed by atoms with Crippen LogP contribution in [0.5, 0.6) is 5.75 Å². The molecule has 5 heteroatoms. The summed E-state index contributed by atoms with van der Waals surface area (Å²) in [5.74, 6) is 0.432. The zero-order valence-electron chi connectivity index (χ0n) is 13.4. The number of hydrogen-bond donors (Lipinski definition) is 1. The molecular formula is C18H19ClN2O2. The van der Waals surface area contributed by atoms with Gasteiger partial charge in [-0.3, -0.25) is 4.79 Å². The Bertz CT molecular complexity index is 701. The molecule has 0 radical (unpaired) electrons. The third-order valence-electron chi connectivity index (χ3n) is 3.23. The maximum atomic E-state index is 11.8. The molecule has 0 saturated carbocycles. The lowest BCUT2D eigenvalue weighted by Gasteiger charge is -2.12. The fourth-order valence-corrected chi connectivity index (χ4v) is 2.42. The van der Waals surface area contributed by atoms with Crippen molar-refractivity contribution in [3.8, 4) is 5.75 Å². The quantitative estimate of drug-likeness (QED) is 0.669. The number of halogens is 1. The molecular weight excluding hydrogens is 312 g/mol. The van der Waals surface area contributed by atoms with Crippen LogP contribution in [0.4, 0.5) is 0 Å². The third kappa shape index (κ3) is 5.11. The zero-order chi connectivity index (χ0) is 16.8. The lowest BCUT2D eigenvalue weighted by Crippen LogP contribution is -2.25. The lowest BCUT2D eigenvalue weighted by atomic mass is 10.1. The van der Waals surface area contributed by atoms with Gasteiger partial charge in [0.2, 0.25) is 0 Å². The highest BCUT2D eigenvalue weighted by Gasteiger charge is 2.07. The average molecular weight is 331 g/mol. The summed E-state index contributed by atoms with van der Waals surface area (Å²) >= 11 is 5.80. The first-order valence-corrected chi connectivity index (χ1v) is 7.61. The molecule has 0 fully saturated rings. The first kappa shape index (κ1) is 17.0. The number of nitrogens with zero attached hydrogens (tertiary/aromatic N) is 1. The zero-order valence-corrected chi connectivity index (χ0v) is 14.1. The first-order chi connectivity index (χ1) is 11.0. The van der Waals surface area contributed by atoms with Gasteiger partial charge >= 0.3 is 0 Å². The predicted molar refractivity (Wildman–Crippen MR) is 93.3 cm³/mol. The molecule has 1 N–H and O–H groups in total. The molecule has 0 spiro atoms. The van der Waals surface area contributed by atoms with Crippen LogP contribution >= 0.6 is 11.6 Å². The SMILES string of the molecule is Cc1cc(C)c(OCC(=O)N/N=C/c2ccc(Cl)cc2)c(C)c1. The second-order valence-corrected chi connectivity index (χ2v) is 5.80. The first-order valence-electron chi connectivity index (χ1n) is 7.24. The number of aryl methyl sites for hydroxylation is 3. The molecule has 0 bridgehead atoms. The number of hydrogen-bond acceptors (Lipinski definition) is 3. The van der Waals surface area contributed by atoms with Gasteiger partial charge in [-0.25, -0.2) is 5.43 Å². The summed E-state index contributed by atoms with van der Waals surface area (Å²) in [6.07, 6.45) is 1.55. The molecule has 0 atom stereocenters. The molecule has 0 unspecified atom stereocenters. The van der Waals surface area contributed by atoms with E-state index in [9.17, 15) is 4.79 Å². The summed E-state index contributed by atoms with van der Waals surface area (Å²) in [6, 6.07) is 11.2. The highest BCUT2D eigenvalue weighted by Crippen LogP contribution is 2.24. The molecule has 23 heavy (non-hydrogen) atoms. The molecule has 4 nitrogen and oxygen atoms in total. The number of carbonyl (C=O) groups excluding carboxylic acids is 1. The topological polar surface area (TPSA) is 50.7 Å². The Balaban J connectivity index is 1.87. The van der Waals surface area contributed by atoms with E-state index >= 15 is 0 Å². The van der Waals surface area contributed by atoms with Crippen LogP contribution in [-0.4, -0.2) is 18.7 Å². The van der Waals surface area contributed by atoms with Gasteiger partial charge in [-0.15, -0.1) is 0 Å². The van der Waals surface area contributed by atoms with E-state index in [1.54, 1.807) is 18.3 Å². The van der Waals surface area contributed by atoms with Crippen molar-refractivity contribution < 1.29 is 9.53 Å². The Morgan fingerprint density at radius 2 is 1.78 bits per heavy atom. The maximum absolute atomic E-state index is 11.8. The number of ether oxygens (including phenoxy) is 1. The van der Waals surface area contributed by atoms with Crippen molar-refractivity contribution >= 4 is 23.7 Å². The number of carbonyl (C=O) groups is 1. The van der Waals surface area contributed by atoms with E-state index in [0.29, 0.717) is 5.02 Å². The van der Waals surface area contributed by atoms with Gasteiger partial charge in [0.1, 0.15) is 5.75 Å². The van der Waals surface area contributed by atoms with E-state index in [2.05, 4.69) is 10.5 Å². The van der Waals surface area contributed by atoms with Crippen LogP contribution in [0.2, 0.25) is 5.02 Å². The largest absolute Gasteiger partial charge is 0.483 e. The summed E-state index contributed by atoms with van der Waals surface area (Å²) in [6.45, 7) is 5.88. The number of rotatable bonds is 5. The molecule has 0 aliphatic heterocycles. The van der Waals surface area contributed by atoms with Gasteiger partial charge in [-0.2, -0.15) is 5.10 Å². The van der Waals surface area contributed by atoms with Crippen LogP contribution in [0.3, 0.4) is 0 Å². The van der Waals surface area contributed by atoms with Crippen molar-refractivity contribution in [1.29, 1.82) is 0 Å². The van der Waals surface area contributed by atoms with Crippen molar-refractivity contribution in [3.63, 3.8) is 0 Å². The van der Waals surface area contributed by atoms with E-state index in [4.69, 9.17) is 16.3 Å². The summed E-state index contributed by atoms with van der Waals surface area (Å²) in [5.41, 5.74) is 6.49. The fraction of sp³-hybridized carbons (Fsp3) is 0.222. The van der Waals surface area contributed by atoms with Gasteiger partial charge in [0.25, 0.3) is 5.91 Å². The van der Waals surface area contributed by atoms with Crippen molar-refractivity contribution in [3.05, 3.63) is 63.7 Å². The average Bonchev–Trinajstić information content (AvgIpc) is 2.48. The van der Waals surface area contributed by atoms with Gasteiger partial charge in [-0.05, 0) is 49.6 Å². The molecule has 120 valence electrons. The third-order valence-corrected chi connectivity index (χ3v) is 3.48. The standard InChI is InChI=1S/C18H19ClN2O2/c1-12-8-13(2)18(14(3)9-12)23-11-17(22)21-20-10-15-4-6-16(19)7-5-15/h4-10H,11H2,1-3H3,(H,21,22)/b20-10+. The Labute approximate surface area is 141 Å². The Morgan fingerprint density at radius 1 is 1.17 bits per heavy atom. The second-order valence-electron chi connectivity index (χ2n) is 5.36. The Morgan fingerprint density at radius 3 is 2.39 bits per heavy atom. The Hall–Kier alpha value is -2.33. The van der Waals surface area contributed by atoms with E-state index in [-0.39, 0.29) is 12.5 Å². The van der Waals surface area contributed by atoms with Crippen LogP contribution in [0, 0.1) is 20.8 Å². The predicted octanol–water partition coefficient (Wildman–Crippen LogP) is 3.79. The van der Waals surface area contributed by atoms with Crippen LogP contribution in [0.15, 0.2) is 41.5 Å².